The number of nitrogens with zero attached hydrogens (tertiary/aromatic N) is 3. The van der Waals surface area contributed by atoms with Crippen LogP contribution in [0.5, 0.6) is 0 Å². The number of rotatable bonds is 15. The molecule has 240 valence electrons. The lowest BCUT2D eigenvalue weighted by molar-refractivity contribution is -0.145. The number of carbonyl (C=O) groups is 3. The maximum absolute atomic E-state index is 14.8. The third-order valence-electron chi connectivity index (χ3n) is 9.74. The molecule has 45 heavy (non-hydrogen) atoms. The number of anilines is 1. The fourth-order valence-electron chi connectivity index (χ4n) is 7.70. The smallest absolute Gasteiger partial charge is 0.253 e. The number of hydrogen-bond acceptors (Lipinski definition) is 5. The summed E-state index contributed by atoms with van der Waals surface area (Å²) in [6.45, 7) is 13.4. The van der Waals surface area contributed by atoms with Crippen molar-refractivity contribution in [3.8, 4) is 0 Å². The third kappa shape index (κ3) is 6.23. The zero-order valence-corrected chi connectivity index (χ0v) is 26.7. The van der Waals surface area contributed by atoms with E-state index in [0.29, 0.717) is 45.3 Å². The predicted octanol–water partition coefficient (Wildman–Crippen LogP) is 4.96. The van der Waals surface area contributed by atoms with Gasteiger partial charge in [0.1, 0.15) is 11.6 Å². The molecule has 1 N–H and O–H groups in total. The molecule has 3 amide bonds. The molecule has 3 aliphatic heterocycles. The summed E-state index contributed by atoms with van der Waals surface area (Å²) < 4.78 is 6.75. The molecule has 0 radical (unpaired) electrons. The molecule has 2 bridgehead atoms. The van der Waals surface area contributed by atoms with E-state index in [1.54, 1.807) is 26.9 Å². The lowest BCUT2D eigenvalue weighted by Crippen LogP contribution is -2.56. The Labute approximate surface area is 267 Å². The van der Waals surface area contributed by atoms with E-state index in [4.69, 9.17) is 4.74 Å². The molecule has 3 saturated heterocycles. The van der Waals surface area contributed by atoms with Gasteiger partial charge in [0.05, 0.1) is 17.9 Å². The van der Waals surface area contributed by atoms with Gasteiger partial charge in [-0.1, -0.05) is 67.5 Å². The first-order valence-electron chi connectivity index (χ1n) is 16.3. The van der Waals surface area contributed by atoms with Gasteiger partial charge in [-0.15, -0.1) is 13.2 Å². The van der Waals surface area contributed by atoms with Crippen LogP contribution < -0.4 is 4.90 Å². The van der Waals surface area contributed by atoms with Crippen LogP contribution in [0.15, 0.2) is 73.8 Å². The number of carbonyl (C=O) groups excluding carboxylic acids is 3. The van der Waals surface area contributed by atoms with Gasteiger partial charge in [-0.05, 0) is 62.3 Å². The van der Waals surface area contributed by atoms with E-state index in [-0.39, 0.29) is 30.9 Å². The molecular weight excluding hydrogens is 566 g/mol. The first kappa shape index (κ1) is 32.6. The van der Waals surface area contributed by atoms with Crippen LogP contribution >= 0.6 is 0 Å². The number of ether oxygens (including phenoxy) is 1. The number of amides is 3. The van der Waals surface area contributed by atoms with Crippen LogP contribution in [0.25, 0.3) is 0 Å². The Balaban J connectivity index is 1.51. The lowest BCUT2D eigenvalue weighted by Gasteiger charge is -2.37. The van der Waals surface area contributed by atoms with Gasteiger partial charge in [0.25, 0.3) is 5.91 Å². The van der Waals surface area contributed by atoms with Crippen molar-refractivity contribution in [1.29, 1.82) is 0 Å². The molecule has 0 saturated carbocycles. The maximum atomic E-state index is 14.8. The van der Waals surface area contributed by atoms with Gasteiger partial charge in [0, 0.05) is 38.5 Å². The van der Waals surface area contributed by atoms with Gasteiger partial charge in [0.2, 0.25) is 11.8 Å². The summed E-state index contributed by atoms with van der Waals surface area (Å²) in [5.74, 6) is -1.90. The molecule has 3 heterocycles. The minimum absolute atomic E-state index is 0.128. The minimum atomic E-state index is -1.08. The van der Waals surface area contributed by atoms with Gasteiger partial charge < -0.3 is 24.5 Å². The minimum Gasteiger partial charge on any atom is -0.396 e. The van der Waals surface area contributed by atoms with Crippen molar-refractivity contribution in [2.45, 2.75) is 76.7 Å². The van der Waals surface area contributed by atoms with E-state index in [2.05, 4.69) is 13.2 Å². The molecule has 0 aromatic heterocycles. The number of aryl methyl sites for hydroxylation is 2. The summed E-state index contributed by atoms with van der Waals surface area (Å²) in [6, 6.07) is 15.0. The largest absolute Gasteiger partial charge is 0.396 e. The molecule has 5 atom stereocenters. The summed E-state index contributed by atoms with van der Waals surface area (Å²) in [5.41, 5.74) is 2.69. The van der Waals surface area contributed by atoms with Crippen LogP contribution in [0, 0.1) is 25.7 Å². The van der Waals surface area contributed by atoms with E-state index < -0.39 is 29.6 Å². The molecule has 0 aliphatic carbocycles. The highest BCUT2D eigenvalue weighted by molar-refractivity contribution is 6.05. The topological polar surface area (TPSA) is 90.4 Å². The number of unbranched alkanes of at least 4 members (excludes halogenated alkanes) is 3. The summed E-state index contributed by atoms with van der Waals surface area (Å²) in [5, 5.41) is 9.25. The molecule has 3 aliphatic rings. The maximum Gasteiger partial charge on any atom is 0.253 e. The number of aliphatic hydroxyl groups excluding tert-OH is 1. The summed E-state index contributed by atoms with van der Waals surface area (Å²) in [4.78, 5) is 48.9. The van der Waals surface area contributed by atoms with Crippen molar-refractivity contribution in [1.82, 2.24) is 9.80 Å². The molecule has 8 nitrogen and oxygen atoms in total. The second-order valence-electron chi connectivity index (χ2n) is 12.7. The first-order valence-corrected chi connectivity index (χ1v) is 16.3. The van der Waals surface area contributed by atoms with Crippen molar-refractivity contribution in [2.75, 3.05) is 31.1 Å². The van der Waals surface area contributed by atoms with Crippen molar-refractivity contribution in [3.05, 3.63) is 90.5 Å². The molecule has 3 fully saturated rings. The number of hydrogen-bond donors (Lipinski definition) is 1. The van der Waals surface area contributed by atoms with Crippen molar-refractivity contribution < 1.29 is 24.2 Å². The number of aliphatic hydroxyl groups is 1. The Morgan fingerprint density at radius 2 is 1.76 bits per heavy atom. The van der Waals surface area contributed by atoms with Crippen LogP contribution in [-0.2, 0) is 25.7 Å². The standard InChI is InChI=1S/C37H47N3O5/c1-5-20-38(25-28-14-10-9-11-15-28)34(42)31-30-18-19-37(45-30)32(31)35(43)40(22-12-7-8-13-23-41)33(37)36(44)39(21-6-2)29-24-26(3)16-17-27(29)4/h5-6,9-11,14-17,24,30-33,41H,1-2,7-8,12-13,18-23,25H2,3-4H3/t30-,31+,32+,33?,37?/m1/s1. The summed E-state index contributed by atoms with van der Waals surface area (Å²) in [6.07, 6.45) is 7.22. The molecule has 2 unspecified atom stereocenters. The predicted molar refractivity (Wildman–Crippen MR) is 175 cm³/mol. The third-order valence-corrected chi connectivity index (χ3v) is 9.74. The van der Waals surface area contributed by atoms with Crippen LogP contribution in [0.2, 0.25) is 0 Å². The number of benzene rings is 2. The van der Waals surface area contributed by atoms with Gasteiger partial charge in [-0.3, -0.25) is 14.4 Å². The molecule has 1 spiro atoms. The van der Waals surface area contributed by atoms with E-state index >= 15 is 0 Å². The quantitative estimate of drug-likeness (QED) is 0.227. The zero-order chi connectivity index (χ0) is 32.1. The fourth-order valence-corrected chi connectivity index (χ4v) is 7.70. The Morgan fingerprint density at radius 1 is 1.02 bits per heavy atom. The van der Waals surface area contributed by atoms with Gasteiger partial charge in [-0.25, -0.2) is 0 Å². The zero-order valence-electron chi connectivity index (χ0n) is 26.7. The summed E-state index contributed by atoms with van der Waals surface area (Å²) >= 11 is 0. The van der Waals surface area contributed by atoms with Gasteiger partial charge >= 0.3 is 0 Å². The van der Waals surface area contributed by atoms with E-state index in [9.17, 15) is 19.5 Å². The number of likely N-dealkylation sites (tertiary alicyclic amines) is 1. The van der Waals surface area contributed by atoms with Crippen molar-refractivity contribution in [2.24, 2.45) is 11.8 Å². The average Bonchev–Trinajstić information content (AvgIpc) is 3.68. The molecule has 2 aromatic rings. The second kappa shape index (κ2) is 14.1. The first-order chi connectivity index (χ1) is 21.8. The fraction of sp³-hybridized carbons (Fsp3) is 0.486. The van der Waals surface area contributed by atoms with Crippen LogP contribution in [0.4, 0.5) is 5.69 Å². The van der Waals surface area contributed by atoms with E-state index in [1.165, 1.54) is 0 Å². The summed E-state index contributed by atoms with van der Waals surface area (Å²) in [7, 11) is 0. The van der Waals surface area contributed by atoms with Crippen LogP contribution in [-0.4, -0.2) is 76.6 Å². The van der Waals surface area contributed by atoms with E-state index in [0.717, 1.165) is 35.2 Å². The average molecular weight is 614 g/mol. The second-order valence-corrected chi connectivity index (χ2v) is 12.7. The highest BCUT2D eigenvalue weighted by atomic mass is 16.5. The van der Waals surface area contributed by atoms with Crippen molar-refractivity contribution >= 4 is 23.4 Å². The Hall–Kier alpha value is -3.75. The Morgan fingerprint density at radius 3 is 2.47 bits per heavy atom. The molecular formula is C37H47N3O5. The van der Waals surface area contributed by atoms with Gasteiger partial charge in [-0.2, -0.15) is 0 Å². The van der Waals surface area contributed by atoms with Crippen LogP contribution in [0.3, 0.4) is 0 Å². The highest BCUT2D eigenvalue weighted by Gasteiger charge is 2.74. The highest BCUT2D eigenvalue weighted by Crippen LogP contribution is 2.59. The monoisotopic (exact) mass is 613 g/mol. The molecule has 5 rings (SSSR count). The van der Waals surface area contributed by atoms with Gasteiger partial charge in [0.15, 0.2) is 0 Å². The SMILES string of the molecule is C=CCN(Cc1ccccc1)C(=O)[C@@H]1[C@H]2C(=O)N(CCCCCCO)C(C(=O)N(CC=C)c3cc(C)ccc3C)C23CC[C@H]1O3. The normalized spacial score (nSPS) is 24.9. The Bertz CT molecular complexity index is 1410. The lowest BCUT2D eigenvalue weighted by atomic mass is 9.70. The Kier molecular flexibility index (Phi) is 10.2. The molecule has 2 aromatic carbocycles. The molecule has 8 heteroatoms. The van der Waals surface area contributed by atoms with Crippen molar-refractivity contribution in [3.63, 3.8) is 0 Å². The number of fused-ring (bicyclic) bond motifs is 1. The van der Waals surface area contributed by atoms with E-state index in [1.807, 2.05) is 62.4 Å². The van der Waals surface area contributed by atoms with Crippen LogP contribution in [0.1, 0.15) is 55.2 Å².